The van der Waals surface area contributed by atoms with Gasteiger partial charge in [-0.2, -0.15) is 0 Å². The Kier molecular flexibility index (Phi) is 4.04. The van der Waals surface area contributed by atoms with E-state index in [-0.39, 0.29) is 5.91 Å². The molecule has 0 radical (unpaired) electrons. The van der Waals surface area contributed by atoms with Gasteiger partial charge in [-0.1, -0.05) is 25.1 Å². The van der Waals surface area contributed by atoms with Crippen LogP contribution in [0.2, 0.25) is 0 Å². The van der Waals surface area contributed by atoms with E-state index in [1.807, 2.05) is 35.2 Å². The van der Waals surface area contributed by atoms with E-state index in [1.165, 1.54) is 6.42 Å². The number of carbonyl (C=O) groups excluding carboxylic acids is 1. The summed E-state index contributed by atoms with van der Waals surface area (Å²) in [5.41, 5.74) is 1.84. The SMILES string of the molecule is CC1CCCN(C(=O)CNc2cccc3cccnc23)C1. The molecule has 1 atom stereocenters. The maximum absolute atomic E-state index is 12.3. The molecule has 1 aliphatic heterocycles. The van der Waals surface area contributed by atoms with Gasteiger partial charge in [-0.25, -0.2) is 0 Å². The molecule has 110 valence electrons. The maximum atomic E-state index is 12.3. The van der Waals surface area contributed by atoms with E-state index in [0.29, 0.717) is 12.5 Å². The predicted octanol–water partition coefficient (Wildman–Crippen LogP) is 2.91. The Hall–Kier alpha value is -2.10. The molecule has 2 aromatic rings. The number of hydrogen-bond donors (Lipinski definition) is 1. The molecule has 1 saturated heterocycles. The molecule has 0 spiro atoms. The molecule has 3 rings (SSSR count). The number of carbonyl (C=O) groups is 1. The average Bonchev–Trinajstić information content (AvgIpc) is 2.52. The van der Waals surface area contributed by atoms with Crippen LogP contribution >= 0.6 is 0 Å². The van der Waals surface area contributed by atoms with Crippen LogP contribution in [0.3, 0.4) is 0 Å². The van der Waals surface area contributed by atoms with Crippen LogP contribution < -0.4 is 5.32 Å². The Morgan fingerprint density at radius 2 is 2.24 bits per heavy atom. The standard InChI is InChI=1S/C17H21N3O/c1-13-5-4-10-20(12-13)16(21)11-19-15-8-2-6-14-7-3-9-18-17(14)15/h2-3,6-9,13,19H,4-5,10-12H2,1H3. The number of nitrogens with zero attached hydrogens (tertiary/aromatic N) is 2. The summed E-state index contributed by atoms with van der Waals surface area (Å²) in [6.45, 7) is 4.32. The van der Waals surface area contributed by atoms with Crippen molar-refractivity contribution in [2.45, 2.75) is 19.8 Å². The van der Waals surface area contributed by atoms with Gasteiger partial charge in [0.25, 0.3) is 0 Å². The number of hydrogen-bond acceptors (Lipinski definition) is 3. The smallest absolute Gasteiger partial charge is 0.241 e. The highest BCUT2D eigenvalue weighted by Crippen LogP contribution is 2.21. The van der Waals surface area contributed by atoms with Crippen molar-refractivity contribution in [1.29, 1.82) is 0 Å². The minimum Gasteiger partial charge on any atom is -0.374 e. The molecule has 1 aromatic heterocycles. The molecule has 4 nitrogen and oxygen atoms in total. The Labute approximate surface area is 125 Å². The third-order valence-corrected chi connectivity index (χ3v) is 4.07. The summed E-state index contributed by atoms with van der Waals surface area (Å²) in [4.78, 5) is 18.7. The summed E-state index contributed by atoms with van der Waals surface area (Å²) in [5, 5.41) is 4.33. The molecule has 1 amide bonds. The molecule has 0 saturated carbocycles. The van der Waals surface area contributed by atoms with E-state index in [4.69, 9.17) is 0 Å². The monoisotopic (exact) mass is 283 g/mol. The zero-order valence-electron chi connectivity index (χ0n) is 12.4. The van der Waals surface area contributed by atoms with E-state index >= 15 is 0 Å². The van der Waals surface area contributed by atoms with Crippen molar-refractivity contribution >= 4 is 22.5 Å². The number of likely N-dealkylation sites (tertiary alicyclic amines) is 1. The van der Waals surface area contributed by atoms with Gasteiger partial charge in [-0.15, -0.1) is 0 Å². The lowest BCUT2D eigenvalue weighted by Gasteiger charge is -2.31. The Morgan fingerprint density at radius 1 is 1.38 bits per heavy atom. The summed E-state index contributed by atoms with van der Waals surface area (Å²) in [5.74, 6) is 0.788. The van der Waals surface area contributed by atoms with E-state index < -0.39 is 0 Å². The molecule has 21 heavy (non-hydrogen) atoms. The first-order valence-corrected chi connectivity index (χ1v) is 7.59. The fraction of sp³-hybridized carbons (Fsp3) is 0.412. The van der Waals surface area contributed by atoms with Crippen LogP contribution in [-0.2, 0) is 4.79 Å². The summed E-state index contributed by atoms with van der Waals surface area (Å²) < 4.78 is 0. The maximum Gasteiger partial charge on any atom is 0.241 e. The second kappa shape index (κ2) is 6.12. The molecule has 4 heteroatoms. The number of para-hydroxylation sites is 1. The van der Waals surface area contributed by atoms with Crippen LogP contribution in [-0.4, -0.2) is 35.4 Å². The molecular weight excluding hydrogens is 262 g/mol. The highest BCUT2D eigenvalue weighted by Gasteiger charge is 2.20. The number of pyridine rings is 1. The highest BCUT2D eigenvalue weighted by molar-refractivity contribution is 5.92. The largest absolute Gasteiger partial charge is 0.374 e. The van der Waals surface area contributed by atoms with Crippen molar-refractivity contribution in [1.82, 2.24) is 9.88 Å². The second-order valence-electron chi connectivity index (χ2n) is 5.82. The van der Waals surface area contributed by atoms with Crippen LogP contribution in [0.15, 0.2) is 36.5 Å². The van der Waals surface area contributed by atoms with Gasteiger partial charge in [0, 0.05) is 24.7 Å². The number of anilines is 1. The van der Waals surface area contributed by atoms with Gasteiger partial charge in [0.1, 0.15) is 0 Å². The first kappa shape index (κ1) is 13.9. The third-order valence-electron chi connectivity index (χ3n) is 4.07. The van der Waals surface area contributed by atoms with Gasteiger partial charge in [0.05, 0.1) is 17.7 Å². The Balaban J connectivity index is 1.67. The van der Waals surface area contributed by atoms with Gasteiger partial charge in [0.15, 0.2) is 0 Å². The van der Waals surface area contributed by atoms with Gasteiger partial charge in [-0.3, -0.25) is 9.78 Å². The van der Waals surface area contributed by atoms with Crippen LogP contribution in [0.1, 0.15) is 19.8 Å². The van der Waals surface area contributed by atoms with E-state index in [1.54, 1.807) is 6.20 Å². The van der Waals surface area contributed by atoms with Crippen molar-refractivity contribution in [3.63, 3.8) is 0 Å². The molecule has 1 N–H and O–H groups in total. The molecule has 1 fully saturated rings. The number of aromatic nitrogens is 1. The average molecular weight is 283 g/mol. The van der Waals surface area contributed by atoms with Crippen LogP contribution in [0.5, 0.6) is 0 Å². The topological polar surface area (TPSA) is 45.2 Å². The fourth-order valence-corrected chi connectivity index (χ4v) is 2.95. The Bertz CT molecular complexity index is 635. The van der Waals surface area contributed by atoms with Gasteiger partial charge < -0.3 is 10.2 Å². The number of rotatable bonds is 3. The van der Waals surface area contributed by atoms with Gasteiger partial charge >= 0.3 is 0 Å². The first-order valence-electron chi connectivity index (χ1n) is 7.59. The van der Waals surface area contributed by atoms with Crippen LogP contribution in [0.25, 0.3) is 10.9 Å². The molecule has 1 unspecified atom stereocenters. The van der Waals surface area contributed by atoms with Crippen LogP contribution in [0, 0.1) is 5.92 Å². The van der Waals surface area contributed by atoms with Crippen molar-refractivity contribution in [2.75, 3.05) is 25.0 Å². The zero-order chi connectivity index (χ0) is 14.7. The number of nitrogens with one attached hydrogen (secondary N) is 1. The number of benzene rings is 1. The fourth-order valence-electron chi connectivity index (χ4n) is 2.95. The number of fused-ring (bicyclic) bond motifs is 1. The molecule has 1 aromatic carbocycles. The first-order chi connectivity index (χ1) is 10.2. The minimum absolute atomic E-state index is 0.175. The van der Waals surface area contributed by atoms with E-state index in [9.17, 15) is 4.79 Å². The Morgan fingerprint density at radius 3 is 3.10 bits per heavy atom. The van der Waals surface area contributed by atoms with Crippen molar-refractivity contribution < 1.29 is 4.79 Å². The molecule has 1 aliphatic rings. The van der Waals surface area contributed by atoms with Crippen molar-refractivity contribution in [2.24, 2.45) is 5.92 Å². The lowest BCUT2D eigenvalue weighted by molar-refractivity contribution is -0.130. The van der Waals surface area contributed by atoms with Gasteiger partial charge in [-0.05, 0) is 30.9 Å². The summed E-state index contributed by atoms with van der Waals surface area (Å²) in [7, 11) is 0. The minimum atomic E-state index is 0.175. The summed E-state index contributed by atoms with van der Waals surface area (Å²) >= 11 is 0. The molecule has 0 bridgehead atoms. The molecule has 2 heterocycles. The summed E-state index contributed by atoms with van der Waals surface area (Å²) in [6.07, 6.45) is 4.12. The van der Waals surface area contributed by atoms with E-state index in [0.717, 1.165) is 36.1 Å². The quantitative estimate of drug-likeness (QED) is 0.942. The number of piperidine rings is 1. The summed E-state index contributed by atoms with van der Waals surface area (Å²) in [6, 6.07) is 9.94. The van der Waals surface area contributed by atoms with E-state index in [2.05, 4.69) is 17.2 Å². The zero-order valence-corrected chi connectivity index (χ0v) is 12.4. The van der Waals surface area contributed by atoms with Gasteiger partial charge in [0.2, 0.25) is 5.91 Å². The highest BCUT2D eigenvalue weighted by atomic mass is 16.2. The molecule has 0 aliphatic carbocycles. The lowest BCUT2D eigenvalue weighted by atomic mass is 10.0. The third kappa shape index (κ3) is 3.15. The normalized spacial score (nSPS) is 18.7. The molecular formula is C17H21N3O. The lowest BCUT2D eigenvalue weighted by Crippen LogP contribution is -2.41. The number of amides is 1. The van der Waals surface area contributed by atoms with Crippen LogP contribution in [0.4, 0.5) is 5.69 Å². The predicted molar refractivity (Wildman–Crippen MR) is 85.2 cm³/mol. The van der Waals surface area contributed by atoms with Crippen molar-refractivity contribution in [3.8, 4) is 0 Å². The second-order valence-corrected chi connectivity index (χ2v) is 5.82. The van der Waals surface area contributed by atoms with Crippen molar-refractivity contribution in [3.05, 3.63) is 36.5 Å².